The molecule has 1 N–H and O–H groups in total. The van der Waals surface area contributed by atoms with Crippen molar-refractivity contribution in [3.8, 4) is 0 Å². The number of nitrogens with one attached hydrogen (secondary N) is 1. The molecule has 0 fully saturated rings. The topological polar surface area (TPSA) is 12.0 Å². The highest BCUT2D eigenvalue weighted by atomic mass is 19.1. The van der Waals surface area contributed by atoms with Crippen molar-refractivity contribution in [2.75, 3.05) is 6.54 Å². The lowest BCUT2D eigenvalue weighted by Gasteiger charge is -2.14. The van der Waals surface area contributed by atoms with Gasteiger partial charge in [-0.2, -0.15) is 0 Å². The van der Waals surface area contributed by atoms with Gasteiger partial charge in [-0.15, -0.1) is 0 Å². The van der Waals surface area contributed by atoms with Crippen LogP contribution < -0.4 is 5.32 Å². The van der Waals surface area contributed by atoms with Crippen molar-refractivity contribution in [2.24, 2.45) is 0 Å². The fourth-order valence-corrected chi connectivity index (χ4v) is 2.47. The third kappa shape index (κ3) is 7.64. The van der Waals surface area contributed by atoms with Gasteiger partial charge in [-0.05, 0) is 37.6 Å². The van der Waals surface area contributed by atoms with Gasteiger partial charge < -0.3 is 5.32 Å². The number of hydrogen-bond donors (Lipinski definition) is 1. The average molecular weight is 279 g/mol. The molecular formula is C18H30FN. The summed E-state index contributed by atoms with van der Waals surface area (Å²) in [6.07, 6.45) is 10.7. The van der Waals surface area contributed by atoms with Crippen LogP contribution in [-0.2, 0) is 0 Å². The molecule has 1 aromatic rings. The number of halogens is 1. The van der Waals surface area contributed by atoms with Crippen LogP contribution in [0.5, 0.6) is 0 Å². The van der Waals surface area contributed by atoms with E-state index in [9.17, 15) is 4.39 Å². The van der Waals surface area contributed by atoms with E-state index in [4.69, 9.17) is 0 Å². The first-order chi connectivity index (χ1) is 9.74. The highest BCUT2D eigenvalue weighted by molar-refractivity contribution is 5.19. The van der Waals surface area contributed by atoms with Crippen molar-refractivity contribution >= 4 is 0 Å². The third-order valence-corrected chi connectivity index (χ3v) is 3.83. The van der Waals surface area contributed by atoms with E-state index in [0.717, 1.165) is 12.1 Å². The predicted molar refractivity (Wildman–Crippen MR) is 85.4 cm³/mol. The molecule has 0 aliphatic heterocycles. The van der Waals surface area contributed by atoms with Gasteiger partial charge in [-0.1, -0.05) is 64.0 Å². The molecule has 0 bridgehead atoms. The van der Waals surface area contributed by atoms with Crippen molar-refractivity contribution in [1.29, 1.82) is 0 Å². The Morgan fingerprint density at radius 2 is 1.65 bits per heavy atom. The summed E-state index contributed by atoms with van der Waals surface area (Å²) in [5, 5.41) is 3.47. The van der Waals surface area contributed by atoms with Gasteiger partial charge in [0.25, 0.3) is 0 Å². The fraction of sp³-hybridized carbons (Fsp3) is 0.667. The number of unbranched alkanes of at least 4 members (excludes halogenated alkanes) is 7. The van der Waals surface area contributed by atoms with Crippen LogP contribution in [0, 0.1) is 5.82 Å². The summed E-state index contributed by atoms with van der Waals surface area (Å²) < 4.78 is 13.1. The van der Waals surface area contributed by atoms with Gasteiger partial charge in [-0.25, -0.2) is 4.39 Å². The van der Waals surface area contributed by atoms with E-state index in [1.165, 1.54) is 57.4 Å². The average Bonchev–Trinajstić information content (AvgIpc) is 2.45. The molecule has 0 radical (unpaired) electrons. The van der Waals surface area contributed by atoms with Crippen LogP contribution in [0.25, 0.3) is 0 Å². The van der Waals surface area contributed by atoms with Crippen LogP contribution in [0.2, 0.25) is 0 Å². The van der Waals surface area contributed by atoms with E-state index in [0.29, 0.717) is 0 Å². The van der Waals surface area contributed by atoms with Crippen LogP contribution in [0.1, 0.15) is 76.8 Å². The normalized spacial score (nSPS) is 12.6. The largest absolute Gasteiger partial charge is 0.310 e. The molecule has 0 aliphatic rings. The standard InChI is InChI=1S/C18H30FN/c1-3-4-5-6-7-8-9-10-14-20-16(2)17-12-11-13-18(19)15-17/h11-13,15-16,20H,3-10,14H2,1-2H3/t16-/m0/s1. The maximum Gasteiger partial charge on any atom is 0.123 e. The maximum atomic E-state index is 13.1. The first-order valence-electron chi connectivity index (χ1n) is 8.23. The zero-order valence-corrected chi connectivity index (χ0v) is 13.1. The van der Waals surface area contributed by atoms with Crippen LogP contribution in [0.15, 0.2) is 24.3 Å². The van der Waals surface area contributed by atoms with Crippen LogP contribution in [0.3, 0.4) is 0 Å². The lowest BCUT2D eigenvalue weighted by atomic mass is 10.1. The quantitative estimate of drug-likeness (QED) is 0.519. The molecular weight excluding hydrogens is 249 g/mol. The highest BCUT2D eigenvalue weighted by Gasteiger charge is 2.04. The molecule has 0 unspecified atom stereocenters. The molecule has 20 heavy (non-hydrogen) atoms. The Morgan fingerprint density at radius 3 is 2.30 bits per heavy atom. The summed E-state index contributed by atoms with van der Waals surface area (Å²) in [4.78, 5) is 0. The Hall–Kier alpha value is -0.890. The number of hydrogen-bond acceptors (Lipinski definition) is 1. The Kier molecular flexibility index (Phi) is 9.31. The summed E-state index contributed by atoms with van der Waals surface area (Å²) >= 11 is 0. The number of rotatable bonds is 11. The monoisotopic (exact) mass is 279 g/mol. The lowest BCUT2D eigenvalue weighted by Crippen LogP contribution is -2.19. The van der Waals surface area contributed by atoms with Gasteiger partial charge in [0, 0.05) is 6.04 Å². The van der Waals surface area contributed by atoms with E-state index in [2.05, 4.69) is 19.2 Å². The first kappa shape index (κ1) is 17.2. The van der Waals surface area contributed by atoms with E-state index in [-0.39, 0.29) is 11.9 Å². The summed E-state index contributed by atoms with van der Waals surface area (Å²) in [5.74, 6) is -0.150. The molecule has 0 spiro atoms. The van der Waals surface area contributed by atoms with Gasteiger partial charge in [0.05, 0.1) is 0 Å². The maximum absolute atomic E-state index is 13.1. The summed E-state index contributed by atoms with van der Waals surface area (Å²) in [7, 11) is 0. The van der Waals surface area contributed by atoms with Crippen molar-refractivity contribution < 1.29 is 4.39 Å². The molecule has 0 saturated carbocycles. The Labute approximate surface area is 124 Å². The Bertz CT molecular complexity index is 351. The fourth-order valence-electron chi connectivity index (χ4n) is 2.47. The summed E-state index contributed by atoms with van der Waals surface area (Å²) in [6.45, 7) is 5.37. The molecule has 2 heteroatoms. The van der Waals surface area contributed by atoms with E-state index < -0.39 is 0 Å². The SMILES string of the molecule is CCCCCCCCCCN[C@@H](C)c1cccc(F)c1. The molecule has 0 saturated heterocycles. The minimum absolute atomic E-state index is 0.150. The molecule has 0 heterocycles. The third-order valence-electron chi connectivity index (χ3n) is 3.83. The molecule has 1 atom stereocenters. The van der Waals surface area contributed by atoms with Crippen molar-refractivity contribution in [2.45, 2.75) is 71.3 Å². The molecule has 114 valence electrons. The highest BCUT2D eigenvalue weighted by Crippen LogP contribution is 2.14. The Morgan fingerprint density at radius 1 is 1.00 bits per heavy atom. The van der Waals surface area contributed by atoms with Crippen LogP contribution in [0.4, 0.5) is 4.39 Å². The van der Waals surface area contributed by atoms with E-state index >= 15 is 0 Å². The summed E-state index contributed by atoms with van der Waals surface area (Å²) in [5.41, 5.74) is 1.03. The van der Waals surface area contributed by atoms with Gasteiger partial charge >= 0.3 is 0 Å². The molecule has 1 aromatic carbocycles. The van der Waals surface area contributed by atoms with E-state index in [1.54, 1.807) is 12.1 Å². The number of benzene rings is 1. The van der Waals surface area contributed by atoms with Crippen LogP contribution in [-0.4, -0.2) is 6.54 Å². The predicted octanol–water partition coefficient (Wildman–Crippen LogP) is 5.62. The Balaban J connectivity index is 2.01. The van der Waals surface area contributed by atoms with Crippen molar-refractivity contribution in [3.05, 3.63) is 35.6 Å². The smallest absolute Gasteiger partial charge is 0.123 e. The second-order valence-electron chi connectivity index (χ2n) is 5.71. The minimum Gasteiger partial charge on any atom is -0.310 e. The second kappa shape index (κ2) is 10.8. The molecule has 0 amide bonds. The van der Waals surface area contributed by atoms with Crippen molar-refractivity contribution in [1.82, 2.24) is 5.32 Å². The van der Waals surface area contributed by atoms with Gasteiger partial charge in [0.2, 0.25) is 0 Å². The zero-order valence-electron chi connectivity index (χ0n) is 13.1. The van der Waals surface area contributed by atoms with Crippen molar-refractivity contribution in [3.63, 3.8) is 0 Å². The summed E-state index contributed by atoms with van der Waals surface area (Å²) in [6, 6.07) is 7.10. The van der Waals surface area contributed by atoms with Crippen LogP contribution >= 0.6 is 0 Å². The molecule has 0 aliphatic carbocycles. The first-order valence-corrected chi connectivity index (χ1v) is 8.23. The van der Waals surface area contributed by atoms with Gasteiger partial charge in [-0.3, -0.25) is 0 Å². The molecule has 1 rings (SSSR count). The van der Waals surface area contributed by atoms with Gasteiger partial charge in [0.1, 0.15) is 5.82 Å². The lowest BCUT2D eigenvalue weighted by molar-refractivity contribution is 0.519. The second-order valence-corrected chi connectivity index (χ2v) is 5.71. The molecule has 0 aromatic heterocycles. The van der Waals surface area contributed by atoms with E-state index in [1.807, 2.05) is 6.07 Å². The zero-order chi connectivity index (χ0) is 14.6. The molecule has 1 nitrogen and oxygen atoms in total. The minimum atomic E-state index is -0.150. The van der Waals surface area contributed by atoms with Gasteiger partial charge in [0.15, 0.2) is 0 Å².